The smallest absolute Gasteiger partial charge is 0.325 e. The van der Waals surface area contributed by atoms with Crippen LogP contribution in [0.25, 0.3) is 0 Å². The number of nitrogens with zero attached hydrogens (tertiary/aromatic N) is 2. The van der Waals surface area contributed by atoms with Crippen molar-refractivity contribution < 1.29 is 9.53 Å². The van der Waals surface area contributed by atoms with Crippen molar-refractivity contribution in [1.29, 1.82) is 0 Å². The first-order chi connectivity index (χ1) is 8.92. The van der Waals surface area contributed by atoms with Crippen LogP contribution in [0.2, 0.25) is 0 Å². The summed E-state index contributed by atoms with van der Waals surface area (Å²) in [5, 5.41) is 8.62. The van der Waals surface area contributed by atoms with E-state index in [4.69, 9.17) is 4.74 Å². The summed E-state index contributed by atoms with van der Waals surface area (Å²) < 4.78 is 6.73. The summed E-state index contributed by atoms with van der Waals surface area (Å²) in [7, 11) is 3.36. The number of hydrogen-bond acceptors (Lipinski definition) is 5. The second-order valence-corrected chi connectivity index (χ2v) is 5.82. The van der Waals surface area contributed by atoms with Gasteiger partial charge in [0.2, 0.25) is 0 Å². The molecule has 19 heavy (non-hydrogen) atoms. The van der Waals surface area contributed by atoms with Gasteiger partial charge in [-0.2, -0.15) is 5.10 Å². The van der Waals surface area contributed by atoms with Gasteiger partial charge in [0.05, 0.1) is 17.8 Å². The molecule has 1 aromatic heterocycles. The van der Waals surface area contributed by atoms with E-state index in [1.807, 2.05) is 38.6 Å². The maximum absolute atomic E-state index is 11.8. The van der Waals surface area contributed by atoms with Crippen LogP contribution in [0, 0.1) is 6.92 Å². The molecule has 1 N–H and O–H groups in total. The van der Waals surface area contributed by atoms with Gasteiger partial charge in [0.25, 0.3) is 0 Å². The second-order valence-electron chi connectivity index (χ2n) is 4.70. The molecular weight excluding hydrogens is 262 g/mol. The number of thioether (sulfide) groups is 1. The Balaban J connectivity index is 2.58. The highest BCUT2D eigenvalue weighted by Crippen LogP contribution is 2.23. The van der Waals surface area contributed by atoms with Crippen LogP contribution in [0.4, 0.5) is 0 Å². The Bertz CT molecular complexity index is 434. The number of nitrogens with one attached hydrogen (secondary N) is 1. The maximum Gasteiger partial charge on any atom is 0.325 e. The summed E-state index contributed by atoms with van der Waals surface area (Å²) in [5.74, 6) is 0.619. The highest BCUT2D eigenvalue weighted by atomic mass is 32.2. The fourth-order valence-electron chi connectivity index (χ4n) is 1.96. The molecule has 0 aliphatic carbocycles. The van der Waals surface area contributed by atoms with Crippen LogP contribution < -0.4 is 5.32 Å². The minimum Gasteiger partial charge on any atom is -0.468 e. The van der Waals surface area contributed by atoms with Gasteiger partial charge in [-0.1, -0.05) is 6.92 Å². The van der Waals surface area contributed by atoms with Crippen molar-refractivity contribution in [3.8, 4) is 0 Å². The van der Waals surface area contributed by atoms with Gasteiger partial charge in [-0.3, -0.25) is 9.48 Å². The molecule has 0 saturated heterocycles. The fraction of sp³-hybridized carbons (Fsp3) is 0.692. The first-order valence-corrected chi connectivity index (χ1v) is 7.38. The number of carbonyl (C=O) groups excluding carboxylic acids is 1. The zero-order chi connectivity index (χ0) is 14.5. The third kappa shape index (κ3) is 4.24. The van der Waals surface area contributed by atoms with Gasteiger partial charge >= 0.3 is 5.97 Å². The molecule has 1 atom stereocenters. The molecule has 0 amide bonds. The average molecular weight is 285 g/mol. The fourth-order valence-corrected chi connectivity index (χ4v) is 3.16. The molecule has 5 nitrogen and oxygen atoms in total. The summed E-state index contributed by atoms with van der Waals surface area (Å²) in [6.07, 6.45) is 0.711. The van der Waals surface area contributed by atoms with E-state index in [0.29, 0.717) is 6.42 Å². The predicted molar refractivity (Wildman–Crippen MR) is 77.4 cm³/mol. The van der Waals surface area contributed by atoms with Gasteiger partial charge in [-0.15, -0.1) is 11.8 Å². The van der Waals surface area contributed by atoms with E-state index in [1.165, 1.54) is 7.11 Å². The summed E-state index contributed by atoms with van der Waals surface area (Å²) in [6.45, 7) is 6.58. The molecule has 1 rings (SSSR count). The Morgan fingerprint density at radius 3 is 2.79 bits per heavy atom. The van der Waals surface area contributed by atoms with Crippen LogP contribution in [-0.4, -0.2) is 40.7 Å². The largest absolute Gasteiger partial charge is 0.468 e. The topological polar surface area (TPSA) is 56.2 Å². The molecule has 0 saturated carbocycles. The molecule has 0 spiro atoms. The van der Waals surface area contributed by atoms with Crippen molar-refractivity contribution in [2.75, 3.05) is 19.4 Å². The minimum absolute atomic E-state index is 0.212. The van der Waals surface area contributed by atoms with E-state index >= 15 is 0 Å². The highest BCUT2D eigenvalue weighted by molar-refractivity contribution is 7.99. The number of aromatic nitrogens is 2. The summed E-state index contributed by atoms with van der Waals surface area (Å²) in [6, 6.07) is 2.05. The summed E-state index contributed by atoms with van der Waals surface area (Å²) in [5.41, 5.74) is 0.386. The first kappa shape index (κ1) is 16.0. The molecule has 0 aliphatic heterocycles. The van der Waals surface area contributed by atoms with Crippen molar-refractivity contribution >= 4 is 17.7 Å². The molecule has 0 aromatic carbocycles. The molecule has 1 unspecified atom stereocenters. The van der Waals surface area contributed by atoms with Gasteiger partial charge in [0, 0.05) is 12.8 Å². The summed E-state index contributed by atoms with van der Waals surface area (Å²) in [4.78, 5) is 11.8. The Hall–Kier alpha value is -1.01. The van der Waals surface area contributed by atoms with Gasteiger partial charge in [-0.25, -0.2) is 0 Å². The Labute approximate surface area is 119 Å². The van der Waals surface area contributed by atoms with Crippen LogP contribution in [0.1, 0.15) is 26.0 Å². The number of likely N-dealkylation sites (N-methyl/N-ethyl adjacent to an activating group) is 1. The van der Waals surface area contributed by atoms with E-state index in [0.717, 1.165) is 23.0 Å². The van der Waals surface area contributed by atoms with E-state index in [1.54, 1.807) is 11.8 Å². The molecule has 0 fully saturated rings. The van der Waals surface area contributed by atoms with Crippen molar-refractivity contribution in [2.24, 2.45) is 7.05 Å². The lowest BCUT2D eigenvalue weighted by Crippen LogP contribution is -2.50. The van der Waals surface area contributed by atoms with Crippen molar-refractivity contribution in [1.82, 2.24) is 15.1 Å². The lowest BCUT2D eigenvalue weighted by molar-refractivity contribution is -0.147. The minimum atomic E-state index is -0.621. The maximum atomic E-state index is 11.8. The molecule has 0 aliphatic rings. The zero-order valence-electron chi connectivity index (χ0n) is 12.3. The third-order valence-electron chi connectivity index (χ3n) is 3.01. The Morgan fingerprint density at radius 2 is 2.32 bits per heavy atom. The van der Waals surface area contributed by atoms with E-state index in [-0.39, 0.29) is 5.97 Å². The van der Waals surface area contributed by atoms with Crippen molar-refractivity contribution in [3.05, 3.63) is 11.8 Å². The zero-order valence-corrected chi connectivity index (χ0v) is 13.1. The molecule has 1 aromatic rings. The number of methoxy groups -OCH3 is 1. The number of rotatable bonds is 7. The number of hydrogen-bond donors (Lipinski definition) is 1. The first-order valence-electron chi connectivity index (χ1n) is 6.40. The monoisotopic (exact) mass is 285 g/mol. The molecule has 0 radical (unpaired) electrons. The predicted octanol–water partition coefficient (Wildman–Crippen LogP) is 1.75. The van der Waals surface area contributed by atoms with Crippen LogP contribution in [0.15, 0.2) is 11.1 Å². The van der Waals surface area contributed by atoms with E-state index in [2.05, 4.69) is 10.4 Å². The van der Waals surface area contributed by atoms with Crippen molar-refractivity contribution in [3.63, 3.8) is 0 Å². The Kier molecular flexibility index (Phi) is 5.87. The van der Waals surface area contributed by atoms with Crippen LogP contribution in [-0.2, 0) is 16.6 Å². The third-order valence-corrected chi connectivity index (χ3v) is 4.10. The number of aryl methyl sites for hydroxylation is 2. The second kappa shape index (κ2) is 6.96. The van der Waals surface area contributed by atoms with E-state index in [9.17, 15) is 4.79 Å². The SMILES string of the molecule is CCNC(C)(CCSc1cc(C)nn1C)C(=O)OC. The van der Waals surface area contributed by atoms with E-state index < -0.39 is 5.54 Å². The normalized spacial score (nSPS) is 14.2. The lowest BCUT2D eigenvalue weighted by atomic mass is 9.99. The standard InChI is InChI=1S/C13H23N3O2S/c1-6-14-13(3,12(17)18-5)7-8-19-11-9-10(2)15-16(11)4/h9,14H,6-8H2,1-5H3. The molecule has 6 heteroatoms. The van der Waals surface area contributed by atoms with Crippen LogP contribution >= 0.6 is 11.8 Å². The van der Waals surface area contributed by atoms with Gasteiger partial charge in [-0.05, 0) is 32.9 Å². The number of carbonyl (C=O) groups is 1. The molecular formula is C13H23N3O2S. The Morgan fingerprint density at radius 1 is 1.63 bits per heavy atom. The molecule has 1 heterocycles. The number of ether oxygens (including phenoxy) is 1. The van der Waals surface area contributed by atoms with Crippen LogP contribution in [0.5, 0.6) is 0 Å². The summed E-state index contributed by atoms with van der Waals surface area (Å²) >= 11 is 1.70. The van der Waals surface area contributed by atoms with Crippen molar-refractivity contribution in [2.45, 2.75) is 37.8 Å². The average Bonchev–Trinajstić information content (AvgIpc) is 2.67. The highest BCUT2D eigenvalue weighted by Gasteiger charge is 2.32. The van der Waals surface area contributed by atoms with Gasteiger partial charge in [0.1, 0.15) is 5.54 Å². The number of esters is 1. The lowest BCUT2D eigenvalue weighted by Gasteiger charge is -2.27. The molecule has 0 bridgehead atoms. The van der Waals surface area contributed by atoms with Crippen LogP contribution in [0.3, 0.4) is 0 Å². The van der Waals surface area contributed by atoms with Gasteiger partial charge in [0.15, 0.2) is 0 Å². The molecule has 108 valence electrons. The van der Waals surface area contributed by atoms with Gasteiger partial charge < -0.3 is 10.1 Å². The quantitative estimate of drug-likeness (QED) is 0.611.